The van der Waals surface area contributed by atoms with Crippen molar-refractivity contribution in [3.05, 3.63) is 62.4 Å². The Labute approximate surface area is 165 Å². The fraction of sp³-hybridized carbons (Fsp3) is 0.300. The second kappa shape index (κ2) is 8.17. The van der Waals surface area contributed by atoms with Gasteiger partial charge in [-0.1, -0.05) is 18.2 Å². The summed E-state index contributed by atoms with van der Waals surface area (Å²) in [6, 6.07) is 6.32. The standard InChI is InChI=1S/C20H22N4O5/c1-11(2)24-18(26)14(17(25)23-20(24)28)10-22-16(19(27)29-3)8-12-9-21-15-7-5-4-6-13(12)15/h4-7,9-11,16,21,26H,8H2,1-3H3,(H,23,25,28)/t16-/m1/s1. The number of fused-ring (bicyclic) bond motifs is 1. The molecule has 0 aliphatic rings. The van der Waals surface area contributed by atoms with Gasteiger partial charge < -0.3 is 14.8 Å². The third-order valence-corrected chi connectivity index (χ3v) is 4.61. The Bertz CT molecular complexity index is 1190. The summed E-state index contributed by atoms with van der Waals surface area (Å²) in [7, 11) is 1.25. The van der Waals surface area contributed by atoms with E-state index in [2.05, 4.69) is 15.0 Å². The average Bonchev–Trinajstić information content (AvgIpc) is 3.08. The third kappa shape index (κ3) is 3.98. The molecule has 29 heavy (non-hydrogen) atoms. The zero-order chi connectivity index (χ0) is 21.1. The maximum Gasteiger partial charge on any atom is 0.331 e. The zero-order valence-electron chi connectivity index (χ0n) is 16.3. The summed E-state index contributed by atoms with van der Waals surface area (Å²) in [5, 5.41) is 11.3. The van der Waals surface area contributed by atoms with Crippen LogP contribution in [0.5, 0.6) is 5.88 Å². The fourth-order valence-electron chi connectivity index (χ4n) is 3.15. The van der Waals surface area contributed by atoms with Crippen molar-refractivity contribution in [2.45, 2.75) is 32.4 Å². The van der Waals surface area contributed by atoms with E-state index in [9.17, 15) is 19.5 Å². The Morgan fingerprint density at radius 2 is 2.03 bits per heavy atom. The largest absolute Gasteiger partial charge is 0.494 e. The minimum absolute atomic E-state index is 0.203. The van der Waals surface area contributed by atoms with Gasteiger partial charge in [0.1, 0.15) is 5.56 Å². The van der Waals surface area contributed by atoms with Crippen molar-refractivity contribution in [1.29, 1.82) is 0 Å². The highest BCUT2D eigenvalue weighted by atomic mass is 16.5. The minimum Gasteiger partial charge on any atom is -0.494 e. The first kappa shape index (κ1) is 20.1. The van der Waals surface area contributed by atoms with Gasteiger partial charge >= 0.3 is 11.7 Å². The number of carbonyl (C=O) groups excluding carboxylic acids is 1. The molecule has 3 aromatic rings. The number of nitrogens with zero attached hydrogens (tertiary/aromatic N) is 2. The third-order valence-electron chi connectivity index (χ3n) is 4.61. The highest BCUT2D eigenvalue weighted by molar-refractivity contribution is 5.87. The van der Waals surface area contributed by atoms with Crippen LogP contribution in [0.25, 0.3) is 10.9 Å². The SMILES string of the molecule is COC(=O)[C@@H](Cc1c[nH]c2ccccc12)N=Cc1c(O)n(C(C)C)c(=O)[nH]c1=O. The Hall–Kier alpha value is -3.62. The molecule has 0 aliphatic carbocycles. The van der Waals surface area contributed by atoms with Crippen LogP contribution in [0.3, 0.4) is 0 Å². The van der Waals surface area contributed by atoms with E-state index in [1.807, 2.05) is 24.3 Å². The number of nitrogens with one attached hydrogen (secondary N) is 2. The molecule has 0 radical (unpaired) electrons. The van der Waals surface area contributed by atoms with E-state index in [-0.39, 0.29) is 18.0 Å². The van der Waals surface area contributed by atoms with Gasteiger partial charge in [0.05, 0.1) is 7.11 Å². The molecule has 0 aliphatic heterocycles. The van der Waals surface area contributed by atoms with Gasteiger partial charge in [-0.3, -0.25) is 19.3 Å². The summed E-state index contributed by atoms with van der Waals surface area (Å²) in [6.45, 7) is 3.38. The Morgan fingerprint density at radius 1 is 1.31 bits per heavy atom. The number of hydrogen-bond donors (Lipinski definition) is 3. The number of aromatic hydroxyl groups is 1. The number of methoxy groups -OCH3 is 1. The van der Waals surface area contributed by atoms with Crippen molar-refractivity contribution < 1.29 is 14.6 Å². The van der Waals surface area contributed by atoms with Crippen molar-refractivity contribution in [1.82, 2.24) is 14.5 Å². The van der Waals surface area contributed by atoms with Gasteiger partial charge in [0, 0.05) is 35.8 Å². The number of hydrogen-bond acceptors (Lipinski definition) is 6. The van der Waals surface area contributed by atoms with Crippen LogP contribution in [0.2, 0.25) is 0 Å². The number of para-hydroxylation sites is 1. The van der Waals surface area contributed by atoms with Gasteiger partial charge in [-0.15, -0.1) is 0 Å². The Morgan fingerprint density at radius 3 is 2.72 bits per heavy atom. The molecular weight excluding hydrogens is 376 g/mol. The molecule has 0 spiro atoms. The maximum atomic E-state index is 12.2. The van der Waals surface area contributed by atoms with Gasteiger partial charge in [-0.25, -0.2) is 9.59 Å². The molecule has 9 heteroatoms. The molecule has 0 saturated carbocycles. The van der Waals surface area contributed by atoms with Crippen molar-refractivity contribution in [3.63, 3.8) is 0 Å². The molecule has 2 aromatic heterocycles. The summed E-state index contributed by atoms with van der Waals surface area (Å²) in [5.41, 5.74) is 0.0737. The van der Waals surface area contributed by atoms with Gasteiger partial charge in [0.15, 0.2) is 6.04 Å². The summed E-state index contributed by atoms with van der Waals surface area (Å²) >= 11 is 0. The highest BCUT2D eigenvalue weighted by Crippen LogP contribution is 2.20. The number of benzene rings is 1. The first-order chi connectivity index (χ1) is 13.8. The number of ether oxygens (including phenoxy) is 1. The molecule has 0 bridgehead atoms. The molecular formula is C20H22N4O5. The van der Waals surface area contributed by atoms with E-state index < -0.39 is 29.1 Å². The number of aliphatic imine (C=N–C) groups is 1. The number of aromatic amines is 2. The molecule has 0 unspecified atom stereocenters. The number of carbonyl (C=O) groups is 1. The predicted octanol–water partition coefficient (Wildman–Crippen LogP) is 1.51. The number of esters is 1. The van der Waals surface area contributed by atoms with Gasteiger partial charge in [-0.05, 0) is 25.5 Å². The minimum atomic E-state index is -0.933. The van der Waals surface area contributed by atoms with Gasteiger partial charge in [-0.2, -0.15) is 0 Å². The lowest BCUT2D eigenvalue weighted by atomic mass is 10.1. The van der Waals surface area contributed by atoms with Crippen LogP contribution in [-0.2, 0) is 16.0 Å². The molecule has 0 amide bonds. The van der Waals surface area contributed by atoms with Crippen molar-refractivity contribution >= 4 is 23.1 Å². The van der Waals surface area contributed by atoms with Crippen LogP contribution in [-0.4, -0.2) is 45.0 Å². The molecule has 3 N–H and O–H groups in total. The van der Waals surface area contributed by atoms with E-state index in [0.717, 1.165) is 27.2 Å². The average molecular weight is 398 g/mol. The van der Waals surface area contributed by atoms with Crippen molar-refractivity contribution in [2.24, 2.45) is 4.99 Å². The van der Waals surface area contributed by atoms with Crippen molar-refractivity contribution in [3.8, 4) is 5.88 Å². The molecule has 0 saturated heterocycles. The van der Waals surface area contributed by atoms with Crippen LogP contribution in [0.15, 0.2) is 45.0 Å². The van der Waals surface area contributed by atoms with E-state index >= 15 is 0 Å². The molecule has 0 fully saturated rings. The number of rotatable bonds is 6. The molecule has 152 valence electrons. The summed E-state index contributed by atoms with van der Waals surface area (Å²) in [6.07, 6.45) is 3.12. The Balaban J connectivity index is 1.99. The van der Waals surface area contributed by atoms with E-state index in [0.29, 0.717) is 0 Å². The molecule has 9 nitrogen and oxygen atoms in total. The highest BCUT2D eigenvalue weighted by Gasteiger charge is 2.21. The first-order valence-electron chi connectivity index (χ1n) is 9.07. The molecule has 2 heterocycles. The van der Waals surface area contributed by atoms with Crippen LogP contribution in [0.1, 0.15) is 31.0 Å². The lowest BCUT2D eigenvalue weighted by Gasteiger charge is -2.13. The quantitative estimate of drug-likeness (QED) is 0.428. The first-order valence-corrected chi connectivity index (χ1v) is 9.07. The van der Waals surface area contributed by atoms with Crippen LogP contribution < -0.4 is 11.2 Å². The topological polar surface area (TPSA) is 130 Å². The molecule has 1 atom stereocenters. The molecule has 3 rings (SSSR count). The second-order valence-electron chi connectivity index (χ2n) is 6.84. The predicted molar refractivity (Wildman–Crippen MR) is 109 cm³/mol. The van der Waals surface area contributed by atoms with Crippen LogP contribution >= 0.6 is 0 Å². The van der Waals surface area contributed by atoms with Gasteiger partial charge in [0.2, 0.25) is 5.88 Å². The number of H-pyrrole nitrogens is 2. The summed E-state index contributed by atoms with van der Waals surface area (Å²) in [4.78, 5) is 45.8. The zero-order valence-corrected chi connectivity index (χ0v) is 16.3. The maximum absolute atomic E-state index is 12.2. The van der Waals surface area contributed by atoms with Gasteiger partial charge in [0.25, 0.3) is 5.56 Å². The summed E-state index contributed by atoms with van der Waals surface area (Å²) < 4.78 is 5.87. The summed E-state index contributed by atoms with van der Waals surface area (Å²) in [5.74, 6) is -1.09. The lowest BCUT2D eigenvalue weighted by Crippen LogP contribution is -2.33. The fourth-order valence-corrected chi connectivity index (χ4v) is 3.15. The lowest BCUT2D eigenvalue weighted by molar-refractivity contribution is -0.142. The van der Waals surface area contributed by atoms with Crippen LogP contribution in [0.4, 0.5) is 0 Å². The smallest absolute Gasteiger partial charge is 0.331 e. The monoisotopic (exact) mass is 398 g/mol. The van der Waals surface area contributed by atoms with Crippen LogP contribution in [0, 0.1) is 0 Å². The van der Waals surface area contributed by atoms with E-state index in [1.165, 1.54) is 7.11 Å². The Kier molecular flexibility index (Phi) is 5.67. The second-order valence-corrected chi connectivity index (χ2v) is 6.84. The molecule has 1 aromatic carbocycles. The van der Waals surface area contributed by atoms with E-state index in [4.69, 9.17) is 4.74 Å². The van der Waals surface area contributed by atoms with Crippen molar-refractivity contribution in [2.75, 3.05) is 7.11 Å². The number of aromatic nitrogens is 3. The van der Waals surface area contributed by atoms with E-state index in [1.54, 1.807) is 20.0 Å². The normalized spacial score (nSPS) is 12.7.